The Morgan fingerprint density at radius 1 is 1.17 bits per heavy atom. The first kappa shape index (κ1) is 15.3. The van der Waals surface area contributed by atoms with E-state index < -0.39 is 0 Å². The largest absolute Gasteiger partial charge is 0.338 e. The molecule has 0 heterocycles. The highest BCUT2D eigenvalue weighted by Crippen LogP contribution is 2.24. The maximum absolute atomic E-state index is 12.0. The molecule has 1 fully saturated rings. The second kappa shape index (κ2) is 8.35. The van der Waals surface area contributed by atoms with E-state index in [0.717, 1.165) is 19.6 Å². The van der Waals surface area contributed by atoms with Crippen LogP contribution >= 0.6 is 0 Å². The molecule has 0 aliphatic heterocycles. The van der Waals surface area contributed by atoms with Crippen LogP contribution in [0.3, 0.4) is 0 Å². The van der Waals surface area contributed by atoms with Gasteiger partial charge in [-0.3, -0.25) is 0 Å². The summed E-state index contributed by atoms with van der Waals surface area (Å²) in [5, 5.41) is 2.93. The summed E-state index contributed by atoms with van der Waals surface area (Å²) in [6.45, 7) is 5.38. The van der Waals surface area contributed by atoms with Crippen LogP contribution < -0.4 is 5.32 Å². The number of urea groups is 1. The number of carbonyl (C=O) groups excluding carboxylic acids is 1. The topological polar surface area (TPSA) is 35.6 Å². The van der Waals surface area contributed by atoms with Gasteiger partial charge in [-0.2, -0.15) is 0 Å². The summed E-state index contributed by atoms with van der Waals surface area (Å²) >= 11 is 0. The minimum atomic E-state index is 0.102. The van der Waals surface area contributed by atoms with E-state index in [1.165, 1.54) is 32.1 Å². The second-order valence-corrected chi connectivity index (χ2v) is 5.59. The number of nitrogens with zero attached hydrogens (tertiary/aromatic N) is 2. The van der Waals surface area contributed by atoms with Gasteiger partial charge in [0.2, 0.25) is 0 Å². The molecule has 0 bridgehead atoms. The van der Waals surface area contributed by atoms with Crippen LogP contribution in [0.15, 0.2) is 0 Å². The summed E-state index contributed by atoms with van der Waals surface area (Å²) in [6.07, 6.45) is 6.62. The summed E-state index contributed by atoms with van der Waals surface area (Å²) in [7, 11) is 4.10. The normalized spacial score (nSPS) is 16.9. The highest BCUT2D eigenvalue weighted by Gasteiger charge is 2.20. The van der Waals surface area contributed by atoms with E-state index in [0.29, 0.717) is 12.5 Å². The molecule has 2 amide bonds. The lowest BCUT2D eigenvalue weighted by Crippen LogP contribution is -2.45. The zero-order valence-corrected chi connectivity index (χ0v) is 12.2. The molecule has 1 saturated carbocycles. The number of carbonyl (C=O) groups is 1. The molecular formula is C14H29N3O. The summed E-state index contributed by atoms with van der Waals surface area (Å²) in [5.41, 5.74) is 0. The molecule has 1 rings (SSSR count). The van der Waals surface area contributed by atoms with Gasteiger partial charge in [0.15, 0.2) is 0 Å². The van der Waals surface area contributed by atoms with Crippen molar-refractivity contribution in [3.8, 4) is 0 Å². The fourth-order valence-corrected chi connectivity index (χ4v) is 2.54. The Morgan fingerprint density at radius 2 is 1.83 bits per heavy atom. The molecule has 18 heavy (non-hydrogen) atoms. The zero-order valence-electron chi connectivity index (χ0n) is 12.2. The summed E-state index contributed by atoms with van der Waals surface area (Å²) in [5.74, 6) is 0.712. The first-order valence-corrected chi connectivity index (χ1v) is 7.31. The van der Waals surface area contributed by atoms with Crippen LogP contribution in [-0.4, -0.2) is 56.1 Å². The van der Waals surface area contributed by atoms with Crippen molar-refractivity contribution in [1.29, 1.82) is 0 Å². The van der Waals surface area contributed by atoms with Crippen molar-refractivity contribution in [3.63, 3.8) is 0 Å². The van der Waals surface area contributed by atoms with Crippen molar-refractivity contribution in [1.82, 2.24) is 15.1 Å². The van der Waals surface area contributed by atoms with Gasteiger partial charge in [-0.25, -0.2) is 4.79 Å². The number of nitrogens with one attached hydrogen (secondary N) is 1. The molecule has 1 aliphatic rings. The molecule has 0 spiro atoms. The Labute approximate surface area is 112 Å². The highest BCUT2D eigenvalue weighted by molar-refractivity contribution is 5.74. The van der Waals surface area contributed by atoms with Crippen molar-refractivity contribution < 1.29 is 4.79 Å². The van der Waals surface area contributed by atoms with Gasteiger partial charge >= 0.3 is 6.03 Å². The van der Waals surface area contributed by atoms with Gasteiger partial charge < -0.3 is 15.1 Å². The van der Waals surface area contributed by atoms with Gasteiger partial charge in [-0.05, 0) is 39.8 Å². The molecular weight excluding hydrogens is 226 g/mol. The SMILES string of the molecule is CCNC(=O)N(CCN(C)C)CC1CCCCC1. The first-order chi connectivity index (χ1) is 8.63. The van der Waals surface area contributed by atoms with Crippen LogP contribution in [0.1, 0.15) is 39.0 Å². The van der Waals surface area contributed by atoms with Crippen LogP contribution in [-0.2, 0) is 0 Å². The maximum atomic E-state index is 12.0. The predicted molar refractivity (Wildman–Crippen MR) is 75.8 cm³/mol. The Morgan fingerprint density at radius 3 is 2.39 bits per heavy atom. The summed E-state index contributed by atoms with van der Waals surface area (Å²) in [6, 6.07) is 0.102. The van der Waals surface area contributed by atoms with E-state index in [9.17, 15) is 4.79 Å². The molecule has 0 aromatic heterocycles. The molecule has 4 nitrogen and oxygen atoms in total. The molecule has 1 N–H and O–H groups in total. The lowest BCUT2D eigenvalue weighted by Gasteiger charge is -2.30. The Hall–Kier alpha value is -0.770. The number of hydrogen-bond donors (Lipinski definition) is 1. The van der Waals surface area contributed by atoms with E-state index in [1.807, 2.05) is 11.8 Å². The molecule has 0 radical (unpaired) electrons. The minimum absolute atomic E-state index is 0.102. The maximum Gasteiger partial charge on any atom is 0.317 e. The lowest BCUT2D eigenvalue weighted by atomic mass is 9.89. The number of rotatable bonds is 6. The fraction of sp³-hybridized carbons (Fsp3) is 0.929. The average molecular weight is 255 g/mol. The number of likely N-dealkylation sites (N-methyl/N-ethyl adjacent to an activating group) is 1. The van der Waals surface area contributed by atoms with Gasteiger partial charge in [0.05, 0.1) is 0 Å². The molecule has 0 unspecified atom stereocenters. The van der Waals surface area contributed by atoms with Crippen molar-refractivity contribution in [2.75, 3.05) is 40.3 Å². The monoisotopic (exact) mass is 255 g/mol. The van der Waals surface area contributed by atoms with Crippen molar-refractivity contribution in [2.24, 2.45) is 5.92 Å². The quantitative estimate of drug-likeness (QED) is 0.789. The number of amides is 2. The molecule has 106 valence electrons. The smallest absolute Gasteiger partial charge is 0.317 e. The van der Waals surface area contributed by atoms with Gasteiger partial charge in [-0.15, -0.1) is 0 Å². The van der Waals surface area contributed by atoms with E-state index in [2.05, 4.69) is 24.3 Å². The van der Waals surface area contributed by atoms with Crippen LogP contribution in [0.25, 0.3) is 0 Å². The number of hydrogen-bond acceptors (Lipinski definition) is 2. The third-order valence-electron chi connectivity index (χ3n) is 3.64. The predicted octanol–water partition coefficient (Wildman–Crippen LogP) is 2.16. The fourth-order valence-electron chi connectivity index (χ4n) is 2.54. The molecule has 0 aromatic rings. The molecule has 0 saturated heterocycles. The van der Waals surface area contributed by atoms with Crippen LogP contribution in [0.5, 0.6) is 0 Å². The van der Waals surface area contributed by atoms with Crippen molar-refractivity contribution >= 4 is 6.03 Å². The third-order valence-corrected chi connectivity index (χ3v) is 3.64. The zero-order chi connectivity index (χ0) is 13.4. The molecule has 0 aromatic carbocycles. The van der Waals surface area contributed by atoms with Crippen LogP contribution in [0, 0.1) is 5.92 Å². The van der Waals surface area contributed by atoms with E-state index in [4.69, 9.17) is 0 Å². The summed E-state index contributed by atoms with van der Waals surface area (Å²) < 4.78 is 0. The van der Waals surface area contributed by atoms with E-state index >= 15 is 0 Å². The third kappa shape index (κ3) is 5.71. The second-order valence-electron chi connectivity index (χ2n) is 5.59. The Kier molecular flexibility index (Phi) is 7.09. The van der Waals surface area contributed by atoms with E-state index in [-0.39, 0.29) is 6.03 Å². The molecule has 0 atom stereocenters. The van der Waals surface area contributed by atoms with Crippen molar-refractivity contribution in [3.05, 3.63) is 0 Å². The van der Waals surface area contributed by atoms with Crippen LogP contribution in [0.4, 0.5) is 4.79 Å². The molecule has 4 heteroatoms. The Balaban J connectivity index is 2.44. The average Bonchev–Trinajstić information content (AvgIpc) is 2.35. The summed E-state index contributed by atoms with van der Waals surface area (Å²) in [4.78, 5) is 16.2. The van der Waals surface area contributed by atoms with Gasteiger partial charge in [-0.1, -0.05) is 19.3 Å². The van der Waals surface area contributed by atoms with Gasteiger partial charge in [0.25, 0.3) is 0 Å². The lowest BCUT2D eigenvalue weighted by molar-refractivity contribution is 0.172. The van der Waals surface area contributed by atoms with E-state index in [1.54, 1.807) is 0 Å². The standard InChI is InChI=1S/C14H29N3O/c1-4-15-14(18)17(11-10-16(2)3)12-13-8-6-5-7-9-13/h13H,4-12H2,1-3H3,(H,15,18). The molecule has 1 aliphatic carbocycles. The first-order valence-electron chi connectivity index (χ1n) is 7.31. The Bertz CT molecular complexity index is 237. The van der Waals surface area contributed by atoms with Gasteiger partial charge in [0.1, 0.15) is 0 Å². The van der Waals surface area contributed by atoms with Crippen molar-refractivity contribution in [2.45, 2.75) is 39.0 Å². The van der Waals surface area contributed by atoms with Crippen LogP contribution in [0.2, 0.25) is 0 Å². The van der Waals surface area contributed by atoms with Gasteiger partial charge in [0, 0.05) is 26.2 Å². The highest BCUT2D eigenvalue weighted by atomic mass is 16.2. The minimum Gasteiger partial charge on any atom is -0.338 e.